The van der Waals surface area contributed by atoms with Crippen LogP contribution in [0, 0.1) is 5.82 Å². The van der Waals surface area contributed by atoms with E-state index in [-0.39, 0.29) is 20.8 Å². The molecule has 0 bridgehead atoms. The van der Waals surface area contributed by atoms with Crippen molar-refractivity contribution in [2.24, 2.45) is 0 Å². The Labute approximate surface area is 177 Å². The van der Waals surface area contributed by atoms with E-state index in [1.54, 1.807) is 12.3 Å². The van der Waals surface area contributed by atoms with Gasteiger partial charge >= 0.3 is 0 Å². The molecule has 0 aliphatic carbocycles. The third kappa shape index (κ3) is 7.15. The van der Waals surface area contributed by atoms with E-state index in [1.165, 1.54) is 37.4 Å². The molecule has 0 fully saturated rings. The fraction of sp³-hybridized carbons (Fsp3) is 0.222. The van der Waals surface area contributed by atoms with Crippen molar-refractivity contribution in [1.82, 2.24) is 10.3 Å². The van der Waals surface area contributed by atoms with E-state index in [0.717, 1.165) is 17.4 Å². The SMILES string of the molecule is CC/C(=C\C=C(/C)S(=O)(=O)Nc1nccs1)NC(=O)COc1ccc(Cl)cc1F. The molecule has 11 heteroatoms. The first-order valence-electron chi connectivity index (χ1n) is 8.38. The Balaban J connectivity index is 1.97. The Bertz CT molecular complexity index is 1020. The molecule has 2 aromatic rings. The van der Waals surface area contributed by atoms with Crippen molar-refractivity contribution < 1.29 is 22.3 Å². The van der Waals surface area contributed by atoms with E-state index in [1.807, 2.05) is 0 Å². The minimum absolute atomic E-state index is 0.0485. The van der Waals surface area contributed by atoms with Gasteiger partial charge in [-0.25, -0.2) is 17.8 Å². The van der Waals surface area contributed by atoms with Crippen molar-refractivity contribution in [2.45, 2.75) is 20.3 Å². The van der Waals surface area contributed by atoms with Gasteiger partial charge in [-0.1, -0.05) is 18.5 Å². The van der Waals surface area contributed by atoms with Gasteiger partial charge in [-0.05, 0) is 43.7 Å². The average Bonchev–Trinajstić information content (AvgIpc) is 3.16. The summed E-state index contributed by atoms with van der Waals surface area (Å²) in [6.07, 6.45) is 4.78. The lowest BCUT2D eigenvalue weighted by atomic mass is 10.3. The number of sulfonamides is 1. The minimum Gasteiger partial charge on any atom is -0.481 e. The Morgan fingerprint density at radius 3 is 2.76 bits per heavy atom. The summed E-state index contributed by atoms with van der Waals surface area (Å²) in [6.45, 7) is 2.80. The van der Waals surface area contributed by atoms with E-state index in [9.17, 15) is 17.6 Å². The number of aromatic nitrogens is 1. The predicted molar refractivity (Wildman–Crippen MR) is 112 cm³/mol. The second kappa shape index (κ2) is 10.4. The van der Waals surface area contributed by atoms with Crippen LogP contribution in [0.4, 0.5) is 9.52 Å². The third-order valence-corrected chi connectivity index (χ3v) is 6.03. The summed E-state index contributed by atoms with van der Waals surface area (Å²) in [7, 11) is -3.75. The number of allylic oxidation sites excluding steroid dienone is 4. The van der Waals surface area contributed by atoms with Gasteiger partial charge in [-0.3, -0.25) is 9.52 Å². The molecular weight excluding hydrogens is 441 g/mol. The van der Waals surface area contributed by atoms with Gasteiger partial charge in [-0.15, -0.1) is 11.3 Å². The van der Waals surface area contributed by atoms with E-state index in [2.05, 4.69) is 15.0 Å². The zero-order valence-corrected chi connectivity index (χ0v) is 18.0. The molecule has 0 saturated carbocycles. The highest BCUT2D eigenvalue weighted by Gasteiger charge is 2.14. The summed E-state index contributed by atoms with van der Waals surface area (Å²) in [5.41, 5.74) is 0.471. The lowest BCUT2D eigenvalue weighted by Crippen LogP contribution is -2.28. The van der Waals surface area contributed by atoms with Crippen LogP contribution in [0.5, 0.6) is 5.75 Å². The van der Waals surface area contributed by atoms with Gasteiger partial charge in [0.2, 0.25) is 0 Å². The molecule has 0 aliphatic heterocycles. The Hall–Kier alpha value is -2.43. The lowest BCUT2D eigenvalue weighted by Gasteiger charge is -2.10. The smallest absolute Gasteiger partial charge is 0.262 e. The number of nitrogens with one attached hydrogen (secondary N) is 2. The van der Waals surface area contributed by atoms with Crippen molar-refractivity contribution in [3.05, 3.63) is 63.4 Å². The summed E-state index contributed by atoms with van der Waals surface area (Å²) in [5.74, 6) is -1.28. The maximum absolute atomic E-state index is 13.7. The quantitative estimate of drug-likeness (QED) is 0.551. The van der Waals surface area contributed by atoms with Gasteiger partial charge in [0.1, 0.15) is 0 Å². The molecule has 0 spiro atoms. The number of amides is 1. The number of thiazole rings is 1. The van der Waals surface area contributed by atoms with Crippen LogP contribution >= 0.6 is 22.9 Å². The monoisotopic (exact) mass is 459 g/mol. The normalized spacial score (nSPS) is 12.6. The number of hydrogen-bond acceptors (Lipinski definition) is 6. The van der Waals surface area contributed by atoms with E-state index >= 15 is 0 Å². The molecule has 1 amide bonds. The average molecular weight is 460 g/mol. The molecule has 7 nitrogen and oxygen atoms in total. The second-order valence-corrected chi connectivity index (χ2v) is 8.86. The van der Waals surface area contributed by atoms with E-state index < -0.39 is 28.4 Å². The molecule has 1 aromatic heterocycles. The number of hydrogen-bond donors (Lipinski definition) is 2. The van der Waals surface area contributed by atoms with Crippen LogP contribution < -0.4 is 14.8 Å². The summed E-state index contributed by atoms with van der Waals surface area (Å²) in [4.78, 5) is 16.0. The molecule has 0 saturated heterocycles. The maximum atomic E-state index is 13.7. The number of halogens is 2. The van der Waals surface area contributed by atoms with Crippen molar-refractivity contribution in [1.29, 1.82) is 0 Å². The highest BCUT2D eigenvalue weighted by molar-refractivity contribution is 7.96. The number of carbonyl (C=O) groups excluding carboxylic acids is 1. The fourth-order valence-corrected chi connectivity index (χ4v) is 3.72. The molecule has 2 rings (SSSR count). The van der Waals surface area contributed by atoms with Crippen molar-refractivity contribution >= 4 is 44.0 Å². The largest absolute Gasteiger partial charge is 0.481 e. The summed E-state index contributed by atoms with van der Waals surface area (Å²) < 4.78 is 45.6. The van der Waals surface area contributed by atoms with Gasteiger partial charge in [0.25, 0.3) is 15.9 Å². The molecular formula is C18H19ClFN3O4S2. The van der Waals surface area contributed by atoms with Crippen LogP contribution in [0.15, 0.2) is 52.5 Å². The maximum Gasteiger partial charge on any atom is 0.262 e. The molecule has 1 heterocycles. The van der Waals surface area contributed by atoms with Crippen LogP contribution in [-0.4, -0.2) is 25.9 Å². The third-order valence-electron chi connectivity index (χ3n) is 3.53. The van der Waals surface area contributed by atoms with Crippen LogP contribution in [0.25, 0.3) is 0 Å². The molecule has 0 unspecified atom stereocenters. The van der Waals surface area contributed by atoms with Gasteiger partial charge in [0.05, 0.1) is 4.91 Å². The Kier molecular flexibility index (Phi) is 8.18. The van der Waals surface area contributed by atoms with E-state index in [4.69, 9.17) is 16.3 Å². The first-order valence-corrected chi connectivity index (χ1v) is 11.1. The molecule has 0 atom stereocenters. The van der Waals surface area contributed by atoms with Gasteiger partial charge in [-0.2, -0.15) is 0 Å². The molecule has 2 N–H and O–H groups in total. The summed E-state index contributed by atoms with van der Waals surface area (Å²) in [5, 5.41) is 4.73. The molecule has 29 heavy (non-hydrogen) atoms. The zero-order valence-electron chi connectivity index (χ0n) is 15.6. The van der Waals surface area contributed by atoms with Gasteiger partial charge in [0, 0.05) is 22.3 Å². The summed E-state index contributed by atoms with van der Waals surface area (Å²) >= 11 is 6.82. The standard InChI is InChI=1S/C18H19ClFN3O4S2/c1-3-14(6-4-12(2)29(25,26)23-18-21-8-9-28-18)22-17(24)11-27-16-7-5-13(19)10-15(16)20/h4-10H,3,11H2,1-2H3,(H,21,23)(H,22,24)/b12-4+,14-6+. The molecule has 0 radical (unpaired) electrons. The number of benzene rings is 1. The first kappa shape index (κ1) is 22.9. The second-order valence-electron chi connectivity index (χ2n) is 5.68. The zero-order chi connectivity index (χ0) is 21.4. The van der Waals surface area contributed by atoms with Gasteiger partial charge < -0.3 is 10.1 Å². The molecule has 156 valence electrons. The van der Waals surface area contributed by atoms with E-state index in [0.29, 0.717) is 12.1 Å². The van der Waals surface area contributed by atoms with Crippen LogP contribution in [-0.2, 0) is 14.8 Å². The Morgan fingerprint density at radius 1 is 1.38 bits per heavy atom. The molecule has 0 aliphatic rings. The fourth-order valence-electron chi connectivity index (χ4n) is 1.98. The molecule has 1 aromatic carbocycles. The highest BCUT2D eigenvalue weighted by atomic mass is 35.5. The highest BCUT2D eigenvalue weighted by Crippen LogP contribution is 2.21. The lowest BCUT2D eigenvalue weighted by molar-refractivity contribution is -0.122. The van der Waals surface area contributed by atoms with Crippen LogP contribution in [0.1, 0.15) is 20.3 Å². The summed E-state index contributed by atoms with van der Waals surface area (Å²) in [6, 6.07) is 3.86. The minimum atomic E-state index is -3.75. The number of carbonyl (C=O) groups is 1. The predicted octanol–water partition coefficient (Wildman–Crippen LogP) is 4.07. The first-order chi connectivity index (χ1) is 13.7. The number of anilines is 1. The van der Waals surface area contributed by atoms with Crippen molar-refractivity contribution in [3.8, 4) is 5.75 Å². The number of rotatable bonds is 9. The Morgan fingerprint density at radius 2 is 2.14 bits per heavy atom. The van der Waals surface area contributed by atoms with Gasteiger partial charge in [0.15, 0.2) is 23.3 Å². The van der Waals surface area contributed by atoms with Crippen LogP contribution in [0.2, 0.25) is 5.02 Å². The number of nitrogens with zero attached hydrogens (tertiary/aromatic N) is 1. The topological polar surface area (TPSA) is 97.4 Å². The van der Waals surface area contributed by atoms with Crippen LogP contribution in [0.3, 0.4) is 0 Å². The van der Waals surface area contributed by atoms with Crippen molar-refractivity contribution in [2.75, 3.05) is 11.3 Å². The van der Waals surface area contributed by atoms with Crippen molar-refractivity contribution in [3.63, 3.8) is 0 Å². The number of ether oxygens (including phenoxy) is 1.